The van der Waals surface area contributed by atoms with Crippen molar-refractivity contribution >= 4 is 5.91 Å². The van der Waals surface area contributed by atoms with Crippen LogP contribution in [0.5, 0.6) is 5.75 Å². The fourth-order valence-electron chi connectivity index (χ4n) is 2.59. The van der Waals surface area contributed by atoms with E-state index in [0.717, 1.165) is 24.2 Å². The molecule has 7 heteroatoms. The molecule has 0 aliphatic carbocycles. The number of rotatable bonds is 7. The summed E-state index contributed by atoms with van der Waals surface area (Å²) in [5.74, 6) is -1.94. The van der Waals surface area contributed by atoms with Gasteiger partial charge >= 0.3 is 0 Å². The zero-order chi connectivity index (χ0) is 18.6. The van der Waals surface area contributed by atoms with Crippen LogP contribution in [0.4, 0.5) is 8.78 Å². The lowest BCUT2D eigenvalue weighted by atomic mass is 10.1. The number of hydrogen-bond acceptors (Lipinski definition) is 3. The van der Waals surface area contributed by atoms with Crippen LogP contribution in [0.3, 0.4) is 0 Å². The molecule has 0 atom stereocenters. The Kier molecular flexibility index (Phi) is 6.12. The highest BCUT2D eigenvalue weighted by molar-refractivity contribution is 5.92. The molecule has 0 spiro atoms. The first-order valence-corrected chi connectivity index (χ1v) is 8.22. The smallest absolute Gasteiger partial charge is 0.269 e. The number of amides is 1. The third-order valence-corrected chi connectivity index (χ3v) is 3.70. The van der Waals surface area contributed by atoms with E-state index in [1.165, 1.54) is 7.11 Å². The van der Waals surface area contributed by atoms with Crippen LogP contribution in [0.1, 0.15) is 42.5 Å². The normalized spacial score (nSPS) is 11.0. The molecule has 2 aromatic rings. The summed E-state index contributed by atoms with van der Waals surface area (Å²) in [6, 6.07) is 4.04. The third-order valence-electron chi connectivity index (χ3n) is 3.70. The minimum absolute atomic E-state index is 0.00504. The fourth-order valence-corrected chi connectivity index (χ4v) is 2.59. The van der Waals surface area contributed by atoms with Crippen LogP contribution in [0.15, 0.2) is 18.2 Å². The van der Waals surface area contributed by atoms with Gasteiger partial charge in [0.1, 0.15) is 5.69 Å². The van der Waals surface area contributed by atoms with E-state index < -0.39 is 17.4 Å². The first-order valence-electron chi connectivity index (χ1n) is 8.22. The monoisotopic (exact) mass is 351 g/mol. The van der Waals surface area contributed by atoms with Crippen LogP contribution in [0, 0.1) is 17.6 Å². The second-order valence-electron chi connectivity index (χ2n) is 6.21. The molecule has 5 nitrogen and oxygen atoms in total. The van der Waals surface area contributed by atoms with E-state index in [9.17, 15) is 13.6 Å². The highest BCUT2D eigenvalue weighted by atomic mass is 19.1. The lowest BCUT2D eigenvalue weighted by Crippen LogP contribution is -2.25. The number of nitrogens with zero attached hydrogens (tertiary/aromatic N) is 2. The average Bonchev–Trinajstić information content (AvgIpc) is 2.94. The first kappa shape index (κ1) is 18.9. The second kappa shape index (κ2) is 8.09. The van der Waals surface area contributed by atoms with Crippen LogP contribution < -0.4 is 10.1 Å². The number of halogens is 2. The highest BCUT2D eigenvalue weighted by Gasteiger charge is 2.16. The summed E-state index contributed by atoms with van der Waals surface area (Å²) < 4.78 is 33.7. The molecule has 1 N–H and O–H groups in total. The van der Waals surface area contributed by atoms with E-state index in [1.807, 2.05) is 6.92 Å². The maximum Gasteiger partial charge on any atom is 0.269 e. The van der Waals surface area contributed by atoms with Crippen molar-refractivity contribution in [1.29, 1.82) is 0 Å². The summed E-state index contributed by atoms with van der Waals surface area (Å²) >= 11 is 0. The van der Waals surface area contributed by atoms with E-state index in [0.29, 0.717) is 23.7 Å². The van der Waals surface area contributed by atoms with E-state index in [-0.39, 0.29) is 12.5 Å². The van der Waals surface area contributed by atoms with Gasteiger partial charge in [0, 0.05) is 13.1 Å². The minimum Gasteiger partial charge on any atom is -0.491 e. The lowest BCUT2D eigenvalue weighted by Gasteiger charge is -2.09. The Balaban J connectivity index is 2.11. The van der Waals surface area contributed by atoms with Crippen molar-refractivity contribution in [2.45, 2.75) is 40.3 Å². The van der Waals surface area contributed by atoms with Crippen molar-refractivity contribution in [2.75, 3.05) is 7.11 Å². The molecule has 1 amide bonds. The molecule has 0 fully saturated rings. The Hall–Kier alpha value is -2.44. The summed E-state index contributed by atoms with van der Waals surface area (Å²) in [6.45, 7) is 6.63. The standard InChI is InChI=1S/C18H23F2N3O2/c1-5-23-16(9-13(22-23)6-11(2)3)18(24)21-10-12-7-14(19)17(25-4)15(20)8-12/h7-9,11H,5-6,10H2,1-4H3,(H,21,24). The van der Waals surface area contributed by atoms with E-state index in [2.05, 4.69) is 29.0 Å². The molecular formula is C18H23F2N3O2. The molecule has 0 bridgehead atoms. The Morgan fingerprint density at radius 2 is 1.92 bits per heavy atom. The molecule has 0 aliphatic rings. The molecule has 0 aliphatic heterocycles. The van der Waals surface area contributed by atoms with Crippen molar-refractivity contribution in [2.24, 2.45) is 5.92 Å². The highest BCUT2D eigenvalue weighted by Crippen LogP contribution is 2.22. The average molecular weight is 351 g/mol. The van der Waals surface area contributed by atoms with Gasteiger partial charge in [0.15, 0.2) is 17.4 Å². The zero-order valence-electron chi connectivity index (χ0n) is 14.9. The number of methoxy groups -OCH3 is 1. The summed E-state index contributed by atoms with van der Waals surface area (Å²) in [5.41, 5.74) is 1.60. The van der Waals surface area contributed by atoms with Gasteiger partial charge in [-0.3, -0.25) is 9.48 Å². The molecule has 0 saturated heterocycles. The van der Waals surface area contributed by atoms with Gasteiger partial charge in [0.05, 0.1) is 12.8 Å². The Morgan fingerprint density at radius 1 is 1.28 bits per heavy atom. The van der Waals surface area contributed by atoms with Gasteiger partial charge in [-0.25, -0.2) is 8.78 Å². The molecule has 0 unspecified atom stereocenters. The Morgan fingerprint density at radius 3 is 2.44 bits per heavy atom. The number of aromatic nitrogens is 2. The Bertz CT molecular complexity index is 734. The lowest BCUT2D eigenvalue weighted by molar-refractivity contribution is 0.0940. The van der Waals surface area contributed by atoms with Crippen molar-refractivity contribution in [3.8, 4) is 5.75 Å². The molecule has 25 heavy (non-hydrogen) atoms. The molecular weight excluding hydrogens is 328 g/mol. The van der Waals surface area contributed by atoms with Crippen LogP contribution >= 0.6 is 0 Å². The predicted octanol–water partition coefficient (Wildman–Crippen LogP) is 3.32. The molecule has 136 valence electrons. The maximum absolute atomic E-state index is 13.7. The SMILES string of the molecule is CCn1nc(CC(C)C)cc1C(=O)NCc1cc(F)c(OC)c(F)c1. The topological polar surface area (TPSA) is 56.2 Å². The van der Waals surface area contributed by atoms with Crippen LogP contribution in [0.25, 0.3) is 0 Å². The quantitative estimate of drug-likeness (QED) is 0.833. The molecule has 0 radical (unpaired) electrons. The van der Waals surface area contributed by atoms with E-state index in [1.54, 1.807) is 10.7 Å². The predicted molar refractivity (Wildman–Crippen MR) is 90.5 cm³/mol. The first-order chi connectivity index (χ1) is 11.8. The van der Waals surface area contributed by atoms with E-state index in [4.69, 9.17) is 0 Å². The van der Waals surface area contributed by atoms with Crippen molar-refractivity contribution in [3.05, 3.63) is 46.8 Å². The minimum atomic E-state index is -0.801. The number of aryl methyl sites for hydroxylation is 1. The number of carbonyl (C=O) groups is 1. The van der Waals surface area contributed by atoms with Gasteiger partial charge < -0.3 is 10.1 Å². The number of carbonyl (C=O) groups excluding carboxylic acids is 1. The van der Waals surface area contributed by atoms with Crippen molar-refractivity contribution in [3.63, 3.8) is 0 Å². The number of ether oxygens (including phenoxy) is 1. The van der Waals surface area contributed by atoms with Crippen molar-refractivity contribution < 1.29 is 18.3 Å². The number of hydrogen-bond donors (Lipinski definition) is 1. The van der Waals surface area contributed by atoms with E-state index >= 15 is 0 Å². The van der Waals surface area contributed by atoms with Gasteiger partial charge in [0.25, 0.3) is 5.91 Å². The second-order valence-corrected chi connectivity index (χ2v) is 6.21. The fraction of sp³-hybridized carbons (Fsp3) is 0.444. The molecule has 1 aromatic heterocycles. The van der Waals surface area contributed by atoms with Crippen molar-refractivity contribution in [1.82, 2.24) is 15.1 Å². The summed E-state index contributed by atoms with van der Waals surface area (Å²) in [6.07, 6.45) is 0.780. The van der Waals surface area contributed by atoms with Gasteiger partial charge in [0.2, 0.25) is 0 Å². The Labute approximate surface area is 146 Å². The molecule has 0 saturated carbocycles. The van der Waals surface area contributed by atoms with Crippen LogP contribution in [-0.4, -0.2) is 22.8 Å². The molecule has 1 heterocycles. The number of nitrogens with one attached hydrogen (secondary N) is 1. The van der Waals surface area contributed by atoms with Gasteiger partial charge in [-0.1, -0.05) is 13.8 Å². The van der Waals surface area contributed by atoms with Gasteiger partial charge in [-0.15, -0.1) is 0 Å². The zero-order valence-corrected chi connectivity index (χ0v) is 14.9. The third kappa shape index (κ3) is 4.55. The van der Waals surface area contributed by atoms with Gasteiger partial charge in [-0.05, 0) is 43.0 Å². The summed E-state index contributed by atoms with van der Waals surface area (Å²) in [4.78, 5) is 12.4. The van der Waals surface area contributed by atoms with Gasteiger partial charge in [-0.2, -0.15) is 5.10 Å². The largest absolute Gasteiger partial charge is 0.491 e. The maximum atomic E-state index is 13.7. The number of benzene rings is 1. The molecule has 2 rings (SSSR count). The summed E-state index contributed by atoms with van der Waals surface area (Å²) in [5, 5.41) is 7.09. The summed E-state index contributed by atoms with van der Waals surface area (Å²) in [7, 11) is 1.20. The van der Waals surface area contributed by atoms with Crippen LogP contribution in [-0.2, 0) is 19.5 Å². The molecule has 1 aromatic carbocycles. The van der Waals surface area contributed by atoms with Crippen LogP contribution in [0.2, 0.25) is 0 Å².